The molecule has 0 radical (unpaired) electrons. The number of hydrogen-bond acceptors (Lipinski definition) is 7. The second kappa shape index (κ2) is 12.3. The van der Waals surface area contributed by atoms with E-state index in [2.05, 4.69) is 15.6 Å². The number of amides is 2. The Bertz CT molecular complexity index is 1640. The van der Waals surface area contributed by atoms with Crippen molar-refractivity contribution in [3.63, 3.8) is 0 Å². The highest BCUT2D eigenvalue weighted by atomic mass is 32.2. The molecule has 1 unspecified atom stereocenters. The quantitative estimate of drug-likeness (QED) is 0.300. The predicted octanol–water partition coefficient (Wildman–Crippen LogP) is 4.50. The van der Waals surface area contributed by atoms with Gasteiger partial charge in [0.05, 0.1) is 10.4 Å². The molecule has 10 nitrogen and oxygen atoms in total. The lowest BCUT2D eigenvalue weighted by Crippen LogP contribution is -2.48. The van der Waals surface area contributed by atoms with Crippen LogP contribution in [0.15, 0.2) is 70.9 Å². The molecule has 0 spiro atoms. The van der Waals surface area contributed by atoms with E-state index in [4.69, 9.17) is 0 Å². The fourth-order valence-corrected chi connectivity index (χ4v) is 8.21. The number of carbonyl (C=O) groups is 2. The first-order valence-corrected chi connectivity index (χ1v) is 16.8. The van der Waals surface area contributed by atoms with Crippen LogP contribution >= 0.6 is 11.3 Å². The van der Waals surface area contributed by atoms with E-state index in [-0.39, 0.29) is 29.3 Å². The molecule has 1 saturated carbocycles. The number of fused-ring (bicyclic) bond motifs is 1. The van der Waals surface area contributed by atoms with Crippen molar-refractivity contribution in [3.8, 4) is 0 Å². The average molecular weight is 607 g/mol. The van der Waals surface area contributed by atoms with E-state index in [9.17, 15) is 18.0 Å². The molecule has 2 aromatic carbocycles. The highest BCUT2D eigenvalue weighted by molar-refractivity contribution is 7.89. The molecule has 1 saturated heterocycles. The van der Waals surface area contributed by atoms with Crippen molar-refractivity contribution < 1.29 is 18.0 Å². The topological polar surface area (TPSA) is 117 Å². The Labute approximate surface area is 249 Å². The molecule has 220 valence electrons. The van der Waals surface area contributed by atoms with Gasteiger partial charge in [-0.3, -0.25) is 14.5 Å². The predicted molar refractivity (Wildman–Crippen MR) is 162 cm³/mol. The minimum Gasteiger partial charge on any atom is -0.351 e. The van der Waals surface area contributed by atoms with Crippen LogP contribution in [0, 0.1) is 0 Å². The molecule has 12 heteroatoms. The van der Waals surface area contributed by atoms with Gasteiger partial charge in [-0.15, -0.1) is 16.4 Å². The monoisotopic (exact) mass is 606 g/mol. The third-order valence-corrected chi connectivity index (χ3v) is 10.9. The molecular weight excluding hydrogens is 573 g/mol. The number of nitrogens with one attached hydrogen (secondary N) is 1. The van der Waals surface area contributed by atoms with E-state index in [0.717, 1.165) is 44.9 Å². The van der Waals surface area contributed by atoms with Crippen LogP contribution < -0.4 is 10.2 Å². The number of nitrogens with zero attached hydrogens (tertiary/aromatic N) is 5. The maximum absolute atomic E-state index is 14.2. The van der Waals surface area contributed by atoms with E-state index >= 15 is 0 Å². The number of aromatic nitrogens is 3. The van der Waals surface area contributed by atoms with Gasteiger partial charge in [-0.2, -0.15) is 4.31 Å². The Morgan fingerprint density at radius 3 is 2.40 bits per heavy atom. The first-order valence-electron chi connectivity index (χ1n) is 14.5. The summed E-state index contributed by atoms with van der Waals surface area (Å²) in [6.07, 6.45) is 6.77. The molecule has 2 amide bonds. The molecule has 1 aliphatic heterocycles. The zero-order chi connectivity index (χ0) is 29.1. The van der Waals surface area contributed by atoms with Gasteiger partial charge in [0, 0.05) is 29.7 Å². The van der Waals surface area contributed by atoms with Crippen LogP contribution in [0.3, 0.4) is 0 Å². The second-order valence-corrected chi connectivity index (χ2v) is 13.8. The molecular formula is C30H34N6O4S2. The molecule has 4 aromatic rings. The first-order chi connectivity index (χ1) is 20.4. The third kappa shape index (κ3) is 5.83. The van der Waals surface area contributed by atoms with Crippen molar-refractivity contribution >= 4 is 49.9 Å². The lowest BCUT2D eigenvalue weighted by Gasteiger charge is -2.33. The van der Waals surface area contributed by atoms with Gasteiger partial charge in [0.15, 0.2) is 0 Å². The van der Waals surface area contributed by atoms with Gasteiger partial charge in [0.25, 0.3) is 0 Å². The van der Waals surface area contributed by atoms with Crippen LogP contribution in [0.4, 0.5) is 5.69 Å². The minimum atomic E-state index is -3.64. The molecule has 1 N–H and O–H groups in total. The number of anilines is 1. The van der Waals surface area contributed by atoms with E-state index in [0.29, 0.717) is 34.7 Å². The SMILES string of the molecule is O=C(NC1CCCCC1)C(c1cccs1)N(C(=O)Cn1nnc2ccccc21)c1ccc(S(=O)(=O)N2CCCC2)cc1. The van der Waals surface area contributed by atoms with Gasteiger partial charge in [-0.05, 0) is 73.5 Å². The number of para-hydroxylation sites is 1. The first kappa shape index (κ1) is 28.5. The van der Waals surface area contributed by atoms with Gasteiger partial charge >= 0.3 is 0 Å². The molecule has 42 heavy (non-hydrogen) atoms. The van der Waals surface area contributed by atoms with Crippen LogP contribution in [-0.4, -0.2) is 58.7 Å². The van der Waals surface area contributed by atoms with Crippen LogP contribution in [0.2, 0.25) is 0 Å². The molecule has 2 aromatic heterocycles. The Morgan fingerprint density at radius 1 is 0.952 bits per heavy atom. The summed E-state index contributed by atoms with van der Waals surface area (Å²) < 4.78 is 29.4. The number of carbonyl (C=O) groups excluding carboxylic acids is 2. The summed E-state index contributed by atoms with van der Waals surface area (Å²) in [4.78, 5) is 30.6. The number of thiophene rings is 1. The van der Waals surface area contributed by atoms with Crippen molar-refractivity contribution in [3.05, 3.63) is 70.9 Å². The molecule has 0 bridgehead atoms. The van der Waals surface area contributed by atoms with E-state index in [1.165, 1.54) is 37.4 Å². The number of hydrogen-bond donors (Lipinski definition) is 1. The van der Waals surface area contributed by atoms with Crippen molar-refractivity contribution in [2.45, 2.75) is 68.5 Å². The summed E-state index contributed by atoms with van der Waals surface area (Å²) in [5.41, 5.74) is 1.80. The van der Waals surface area contributed by atoms with Gasteiger partial charge in [-0.1, -0.05) is 42.7 Å². The Hall–Kier alpha value is -3.61. The highest BCUT2D eigenvalue weighted by Crippen LogP contribution is 2.33. The maximum atomic E-state index is 14.2. The van der Waals surface area contributed by atoms with Gasteiger partial charge < -0.3 is 5.32 Å². The van der Waals surface area contributed by atoms with Crippen molar-refractivity contribution in [2.75, 3.05) is 18.0 Å². The van der Waals surface area contributed by atoms with E-state index in [1.54, 1.807) is 12.1 Å². The van der Waals surface area contributed by atoms with Crippen molar-refractivity contribution in [1.82, 2.24) is 24.6 Å². The Morgan fingerprint density at radius 2 is 1.69 bits per heavy atom. The molecule has 2 fully saturated rings. The number of rotatable bonds is 9. The summed E-state index contributed by atoms with van der Waals surface area (Å²) in [5.74, 6) is -0.618. The smallest absolute Gasteiger partial charge is 0.249 e. The third-order valence-electron chi connectivity index (χ3n) is 8.06. The van der Waals surface area contributed by atoms with Gasteiger partial charge in [0.1, 0.15) is 18.1 Å². The highest BCUT2D eigenvalue weighted by Gasteiger charge is 2.36. The average Bonchev–Trinajstić information content (AvgIpc) is 3.80. The summed E-state index contributed by atoms with van der Waals surface area (Å²) in [6.45, 7) is 0.859. The van der Waals surface area contributed by atoms with Crippen LogP contribution in [0.5, 0.6) is 0 Å². The van der Waals surface area contributed by atoms with Crippen molar-refractivity contribution in [2.24, 2.45) is 0 Å². The molecule has 6 rings (SSSR count). The maximum Gasteiger partial charge on any atom is 0.249 e. The standard InChI is InChI=1S/C30H34N6O4S2/c37-28(21-35-26-12-5-4-11-25(26)32-33-35)36(23-14-16-24(17-15-23)42(39,40)34-18-6-7-19-34)29(27-13-8-20-41-27)30(38)31-22-9-2-1-3-10-22/h4-5,8,11-17,20,22,29H,1-3,6-7,9-10,18-19,21H2,(H,31,38). The molecule has 1 aliphatic carbocycles. The van der Waals surface area contributed by atoms with Gasteiger partial charge in [0.2, 0.25) is 21.8 Å². The van der Waals surface area contributed by atoms with Crippen LogP contribution in [-0.2, 0) is 26.2 Å². The fourth-order valence-electron chi connectivity index (χ4n) is 5.88. The van der Waals surface area contributed by atoms with E-state index < -0.39 is 16.1 Å². The molecule has 1 atom stereocenters. The van der Waals surface area contributed by atoms with E-state index in [1.807, 2.05) is 41.8 Å². The summed E-state index contributed by atoms with van der Waals surface area (Å²) >= 11 is 1.40. The number of benzene rings is 2. The fraction of sp³-hybridized carbons (Fsp3) is 0.400. The largest absolute Gasteiger partial charge is 0.351 e. The summed E-state index contributed by atoms with van der Waals surface area (Å²) in [5, 5.41) is 13.5. The van der Waals surface area contributed by atoms with Crippen LogP contribution in [0.25, 0.3) is 11.0 Å². The lowest BCUT2D eigenvalue weighted by molar-refractivity contribution is -0.127. The lowest BCUT2D eigenvalue weighted by atomic mass is 9.95. The van der Waals surface area contributed by atoms with Crippen molar-refractivity contribution in [1.29, 1.82) is 0 Å². The second-order valence-electron chi connectivity index (χ2n) is 10.9. The summed E-state index contributed by atoms with van der Waals surface area (Å²) in [7, 11) is -3.64. The normalized spacial score (nSPS) is 17.3. The Kier molecular flexibility index (Phi) is 8.36. The summed E-state index contributed by atoms with van der Waals surface area (Å²) in [6, 6.07) is 16.5. The Balaban J connectivity index is 1.38. The molecule has 2 aliphatic rings. The molecule has 3 heterocycles. The minimum absolute atomic E-state index is 0.0536. The zero-order valence-electron chi connectivity index (χ0n) is 23.3. The zero-order valence-corrected chi connectivity index (χ0v) is 24.9. The van der Waals surface area contributed by atoms with Gasteiger partial charge in [-0.25, -0.2) is 13.1 Å². The number of sulfonamides is 1. The van der Waals surface area contributed by atoms with Crippen LogP contribution in [0.1, 0.15) is 55.9 Å².